The number of amides is 2. The summed E-state index contributed by atoms with van der Waals surface area (Å²) < 4.78 is 37.5. The molecule has 2 aliphatic rings. The van der Waals surface area contributed by atoms with E-state index in [0.29, 0.717) is 45.3 Å². The summed E-state index contributed by atoms with van der Waals surface area (Å²) in [6.07, 6.45) is 1.01. The second-order valence-electron chi connectivity index (χ2n) is 8.66. The van der Waals surface area contributed by atoms with Crippen LogP contribution in [0.4, 0.5) is 4.79 Å². The van der Waals surface area contributed by atoms with Crippen molar-refractivity contribution in [1.82, 2.24) is 19.8 Å². The van der Waals surface area contributed by atoms with Crippen molar-refractivity contribution < 1.29 is 22.7 Å². The van der Waals surface area contributed by atoms with Crippen LogP contribution in [0, 0.1) is 5.92 Å². The smallest absolute Gasteiger partial charge is 0.315 e. The van der Waals surface area contributed by atoms with E-state index < -0.39 is 10.0 Å². The average Bonchev–Trinajstić information content (AvgIpc) is 2.81. The molecule has 0 bridgehead atoms. The van der Waals surface area contributed by atoms with Gasteiger partial charge in [-0.15, -0.1) is 0 Å². The van der Waals surface area contributed by atoms with Gasteiger partial charge in [-0.2, -0.15) is 4.31 Å². The number of ether oxygens (including phenoxy) is 2. The number of morpholine rings is 2. The zero-order chi connectivity index (χ0) is 23.0. The monoisotopic (exact) mass is 468 g/mol. The first-order valence-electron chi connectivity index (χ1n) is 11.4. The number of carbonyl (C=O) groups excluding carboxylic acids is 1. The Labute approximate surface area is 191 Å². The van der Waals surface area contributed by atoms with Gasteiger partial charge in [0.15, 0.2) is 0 Å². The standard InChI is InChI=1S/C22H36N4O5S/c1-18(2)15-20(25-7-11-30-12-8-25)17-24-22(27)23-16-19-3-5-21(6-4-19)32(28,29)26-9-13-31-14-10-26/h3-6,18,20H,7-17H2,1-2H3,(H2,23,24,27). The van der Waals surface area contributed by atoms with Crippen LogP contribution in [0.15, 0.2) is 29.2 Å². The lowest BCUT2D eigenvalue weighted by atomic mass is 10.0. The molecule has 1 atom stereocenters. The molecule has 2 amide bonds. The first kappa shape index (κ1) is 24.9. The lowest BCUT2D eigenvalue weighted by molar-refractivity contribution is 0.0129. The average molecular weight is 469 g/mol. The predicted molar refractivity (Wildman–Crippen MR) is 122 cm³/mol. The summed E-state index contributed by atoms with van der Waals surface area (Å²) in [7, 11) is -3.51. The van der Waals surface area contributed by atoms with Crippen molar-refractivity contribution in [1.29, 1.82) is 0 Å². The normalized spacial score (nSPS) is 19.6. The second-order valence-corrected chi connectivity index (χ2v) is 10.6. The van der Waals surface area contributed by atoms with Crippen molar-refractivity contribution in [3.63, 3.8) is 0 Å². The third-order valence-corrected chi connectivity index (χ3v) is 7.70. The number of benzene rings is 1. The van der Waals surface area contributed by atoms with Crippen LogP contribution < -0.4 is 10.6 Å². The predicted octanol–water partition coefficient (Wildman–Crippen LogP) is 1.25. The van der Waals surface area contributed by atoms with Crippen molar-refractivity contribution in [3.05, 3.63) is 29.8 Å². The van der Waals surface area contributed by atoms with E-state index in [1.54, 1.807) is 24.3 Å². The highest BCUT2D eigenvalue weighted by Gasteiger charge is 2.26. The molecule has 0 spiro atoms. The molecular formula is C22H36N4O5S. The van der Waals surface area contributed by atoms with E-state index in [-0.39, 0.29) is 17.0 Å². The Kier molecular flexibility index (Phi) is 9.30. The molecule has 3 rings (SSSR count). The Balaban J connectivity index is 1.47. The Bertz CT molecular complexity index is 819. The van der Waals surface area contributed by atoms with Crippen LogP contribution in [0.5, 0.6) is 0 Å². The molecule has 2 fully saturated rings. The molecule has 9 nitrogen and oxygen atoms in total. The summed E-state index contributed by atoms with van der Waals surface area (Å²) in [6.45, 7) is 10.1. The van der Waals surface area contributed by atoms with Gasteiger partial charge < -0.3 is 20.1 Å². The van der Waals surface area contributed by atoms with Crippen molar-refractivity contribution in [2.24, 2.45) is 5.92 Å². The summed E-state index contributed by atoms with van der Waals surface area (Å²) in [6, 6.07) is 6.73. The van der Waals surface area contributed by atoms with E-state index in [2.05, 4.69) is 29.4 Å². The van der Waals surface area contributed by atoms with Crippen molar-refractivity contribution in [3.8, 4) is 0 Å². The highest BCUT2D eigenvalue weighted by Crippen LogP contribution is 2.18. The van der Waals surface area contributed by atoms with E-state index in [9.17, 15) is 13.2 Å². The van der Waals surface area contributed by atoms with Crippen LogP contribution in [0.1, 0.15) is 25.8 Å². The summed E-state index contributed by atoms with van der Waals surface area (Å²) in [5, 5.41) is 5.85. The maximum absolute atomic E-state index is 12.7. The molecule has 0 aromatic heterocycles. The molecule has 0 saturated carbocycles. The molecule has 0 aliphatic carbocycles. The highest BCUT2D eigenvalue weighted by molar-refractivity contribution is 7.89. The zero-order valence-electron chi connectivity index (χ0n) is 19.1. The molecule has 180 valence electrons. The fraction of sp³-hybridized carbons (Fsp3) is 0.682. The topological polar surface area (TPSA) is 100 Å². The number of hydrogen-bond donors (Lipinski definition) is 2. The van der Waals surface area contributed by atoms with Gasteiger partial charge in [-0.3, -0.25) is 4.90 Å². The number of urea groups is 1. The van der Waals surface area contributed by atoms with Gasteiger partial charge in [0.1, 0.15) is 0 Å². The number of sulfonamides is 1. The van der Waals surface area contributed by atoms with Crippen molar-refractivity contribution in [2.45, 2.75) is 37.8 Å². The van der Waals surface area contributed by atoms with Gasteiger partial charge in [0.05, 0.1) is 31.3 Å². The molecule has 1 unspecified atom stereocenters. The van der Waals surface area contributed by atoms with Crippen LogP contribution in [0.3, 0.4) is 0 Å². The largest absolute Gasteiger partial charge is 0.379 e. The minimum atomic E-state index is -3.51. The second kappa shape index (κ2) is 11.9. The van der Waals surface area contributed by atoms with Crippen molar-refractivity contribution >= 4 is 16.1 Å². The minimum absolute atomic E-state index is 0.225. The number of nitrogens with zero attached hydrogens (tertiary/aromatic N) is 2. The minimum Gasteiger partial charge on any atom is -0.379 e. The van der Waals surface area contributed by atoms with E-state index in [0.717, 1.165) is 38.3 Å². The number of carbonyl (C=O) groups is 1. The lowest BCUT2D eigenvalue weighted by Gasteiger charge is -2.35. The fourth-order valence-corrected chi connectivity index (χ4v) is 5.43. The van der Waals surface area contributed by atoms with E-state index in [1.165, 1.54) is 4.31 Å². The molecule has 2 saturated heterocycles. The van der Waals surface area contributed by atoms with E-state index in [4.69, 9.17) is 9.47 Å². The summed E-state index contributed by atoms with van der Waals surface area (Å²) in [5.74, 6) is 0.542. The maximum atomic E-state index is 12.7. The van der Waals surface area contributed by atoms with Crippen molar-refractivity contribution in [2.75, 3.05) is 59.2 Å². The van der Waals surface area contributed by atoms with Gasteiger partial charge in [-0.1, -0.05) is 26.0 Å². The Morgan fingerprint density at radius 1 is 0.969 bits per heavy atom. The van der Waals surface area contributed by atoms with Gasteiger partial charge in [-0.25, -0.2) is 13.2 Å². The van der Waals surface area contributed by atoms with E-state index >= 15 is 0 Å². The molecule has 10 heteroatoms. The Morgan fingerprint density at radius 3 is 2.16 bits per heavy atom. The van der Waals surface area contributed by atoms with Gasteiger partial charge in [0, 0.05) is 45.3 Å². The molecule has 2 aliphatic heterocycles. The first-order valence-corrected chi connectivity index (χ1v) is 12.8. The summed E-state index contributed by atoms with van der Waals surface area (Å²) in [4.78, 5) is 15.0. The number of rotatable bonds is 9. The zero-order valence-corrected chi connectivity index (χ0v) is 19.9. The molecule has 1 aromatic rings. The molecule has 2 heterocycles. The first-order chi connectivity index (χ1) is 15.4. The van der Waals surface area contributed by atoms with Gasteiger partial charge in [0.25, 0.3) is 0 Å². The maximum Gasteiger partial charge on any atom is 0.315 e. The Morgan fingerprint density at radius 2 is 1.56 bits per heavy atom. The fourth-order valence-electron chi connectivity index (χ4n) is 4.02. The molecular weight excluding hydrogens is 432 g/mol. The SMILES string of the molecule is CC(C)CC(CNC(=O)NCc1ccc(S(=O)(=O)N2CCOCC2)cc1)N1CCOCC1. The van der Waals surface area contributed by atoms with Crippen LogP contribution >= 0.6 is 0 Å². The highest BCUT2D eigenvalue weighted by atomic mass is 32.2. The van der Waals surface area contributed by atoms with Crippen LogP contribution in [0.25, 0.3) is 0 Å². The van der Waals surface area contributed by atoms with Gasteiger partial charge in [-0.05, 0) is 30.0 Å². The molecule has 2 N–H and O–H groups in total. The summed E-state index contributed by atoms with van der Waals surface area (Å²) in [5.41, 5.74) is 0.841. The molecule has 32 heavy (non-hydrogen) atoms. The third-order valence-electron chi connectivity index (χ3n) is 5.79. The van der Waals surface area contributed by atoms with E-state index in [1.807, 2.05) is 0 Å². The summed E-state index contributed by atoms with van der Waals surface area (Å²) >= 11 is 0. The molecule has 1 aromatic carbocycles. The number of nitrogens with one attached hydrogen (secondary N) is 2. The van der Waals surface area contributed by atoms with Crippen LogP contribution in [-0.2, 0) is 26.0 Å². The Hall–Kier alpha value is -1.72. The molecule has 0 radical (unpaired) electrons. The van der Waals surface area contributed by atoms with Gasteiger partial charge >= 0.3 is 6.03 Å². The van der Waals surface area contributed by atoms with Gasteiger partial charge in [0.2, 0.25) is 10.0 Å². The number of hydrogen-bond acceptors (Lipinski definition) is 6. The lowest BCUT2D eigenvalue weighted by Crippen LogP contribution is -2.50. The van der Waals surface area contributed by atoms with Crippen LogP contribution in [0.2, 0.25) is 0 Å². The van der Waals surface area contributed by atoms with Crippen LogP contribution in [-0.4, -0.2) is 88.8 Å². The third kappa shape index (κ3) is 7.14. The quantitative estimate of drug-likeness (QED) is 0.566.